The molecule has 1 aliphatic heterocycles. The van der Waals surface area contributed by atoms with Gasteiger partial charge in [0.25, 0.3) is 0 Å². The minimum atomic E-state index is 0.477. The Balaban J connectivity index is 1.66. The van der Waals surface area contributed by atoms with Crippen molar-refractivity contribution in [2.75, 3.05) is 18.4 Å². The van der Waals surface area contributed by atoms with Crippen LogP contribution in [0.15, 0.2) is 88.7 Å². The Morgan fingerprint density at radius 3 is 2.62 bits per heavy atom. The van der Waals surface area contributed by atoms with Gasteiger partial charge < -0.3 is 11.1 Å². The van der Waals surface area contributed by atoms with Crippen molar-refractivity contribution in [3.8, 4) is 0 Å². The number of nitrogens with two attached hydrogens (primary N) is 1. The van der Waals surface area contributed by atoms with E-state index in [1.807, 2.05) is 11.8 Å². The van der Waals surface area contributed by atoms with E-state index in [9.17, 15) is 0 Å². The molecule has 158 valence electrons. The van der Waals surface area contributed by atoms with Crippen molar-refractivity contribution in [3.05, 3.63) is 101 Å². The van der Waals surface area contributed by atoms with E-state index in [1.165, 1.54) is 54.0 Å². The summed E-state index contributed by atoms with van der Waals surface area (Å²) in [5.41, 5.74) is 15.4. The molecule has 0 spiro atoms. The van der Waals surface area contributed by atoms with Crippen molar-refractivity contribution >= 4 is 39.4 Å². The molecule has 1 aliphatic carbocycles. The van der Waals surface area contributed by atoms with Gasteiger partial charge >= 0.3 is 0 Å². The monoisotopic (exact) mass is 434 g/mol. The van der Waals surface area contributed by atoms with Gasteiger partial charge in [0.05, 0.1) is 0 Å². The Morgan fingerprint density at radius 2 is 1.72 bits per heavy atom. The molecule has 2 aliphatic rings. The van der Waals surface area contributed by atoms with Crippen LogP contribution in [-0.2, 0) is 6.42 Å². The van der Waals surface area contributed by atoms with Crippen LogP contribution in [0.4, 0.5) is 5.69 Å². The van der Waals surface area contributed by atoms with E-state index in [0.29, 0.717) is 12.5 Å². The molecule has 32 heavy (non-hydrogen) atoms. The molecule has 0 aromatic heterocycles. The lowest BCUT2D eigenvalue weighted by molar-refractivity contribution is 0.781. The summed E-state index contributed by atoms with van der Waals surface area (Å²) in [6.07, 6.45) is 1.10. The number of benzene rings is 4. The summed E-state index contributed by atoms with van der Waals surface area (Å²) in [4.78, 5) is 2.65. The quantitative estimate of drug-likeness (QED) is 0.327. The second-order valence-corrected chi connectivity index (χ2v) is 9.82. The van der Waals surface area contributed by atoms with Crippen LogP contribution in [0.25, 0.3) is 21.9 Å². The minimum absolute atomic E-state index is 0.477. The van der Waals surface area contributed by atoms with Gasteiger partial charge in [-0.1, -0.05) is 79.3 Å². The Hall–Kier alpha value is -3.01. The summed E-state index contributed by atoms with van der Waals surface area (Å²) in [5, 5.41) is 6.14. The molecule has 4 aromatic rings. The van der Waals surface area contributed by atoms with Crippen molar-refractivity contribution in [2.24, 2.45) is 11.7 Å². The van der Waals surface area contributed by atoms with Crippen molar-refractivity contribution in [1.82, 2.24) is 0 Å². The van der Waals surface area contributed by atoms with Crippen LogP contribution in [0.2, 0.25) is 0 Å². The molecule has 0 saturated heterocycles. The number of nitrogens with one attached hydrogen (secondary N) is 1. The smallest absolute Gasteiger partial charge is 0.0352 e. The number of anilines is 1. The third-order valence-corrected chi connectivity index (χ3v) is 7.81. The molecule has 0 bridgehead atoms. The van der Waals surface area contributed by atoms with Gasteiger partial charge in [0, 0.05) is 28.6 Å². The molecule has 3 N–H and O–H groups in total. The number of rotatable bonds is 3. The van der Waals surface area contributed by atoms with E-state index in [0.717, 1.165) is 18.7 Å². The van der Waals surface area contributed by atoms with Crippen LogP contribution in [-0.4, -0.2) is 13.1 Å². The number of allylic oxidation sites excluding steroid dienone is 1. The van der Waals surface area contributed by atoms with Crippen molar-refractivity contribution in [3.63, 3.8) is 0 Å². The first kappa shape index (κ1) is 19.7. The Kier molecular flexibility index (Phi) is 4.82. The molecule has 3 heteroatoms. The van der Waals surface area contributed by atoms with Gasteiger partial charge in [-0.2, -0.15) is 0 Å². The summed E-state index contributed by atoms with van der Waals surface area (Å²) >= 11 is 1.87. The molecule has 4 aromatic carbocycles. The molecule has 0 radical (unpaired) electrons. The molecule has 1 atom stereocenters. The molecular weight excluding hydrogens is 408 g/mol. The van der Waals surface area contributed by atoms with Crippen LogP contribution in [0.1, 0.15) is 29.2 Å². The van der Waals surface area contributed by atoms with E-state index >= 15 is 0 Å². The van der Waals surface area contributed by atoms with Gasteiger partial charge in [0.1, 0.15) is 0 Å². The normalized spacial score (nSPS) is 18.9. The topological polar surface area (TPSA) is 38.0 Å². The summed E-state index contributed by atoms with van der Waals surface area (Å²) in [6.45, 7) is 3.80. The SMILES string of the molecule is CC1Cc2ccc3ccccc3c2C1=C1c2ccccc2Sc2cc(NCCN)ccc21. The van der Waals surface area contributed by atoms with Crippen LogP contribution in [0.5, 0.6) is 0 Å². The number of hydrogen-bond acceptors (Lipinski definition) is 3. The third kappa shape index (κ3) is 3.08. The lowest BCUT2D eigenvalue weighted by atomic mass is 9.85. The average molecular weight is 435 g/mol. The Morgan fingerprint density at radius 1 is 0.906 bits per heavy atom. The standard InChI is InChI=1S/C29H26N2S/c1-18-16-20-11-10-19-6-2-3-7-22(19)28(20)27(18)29-23-8-4-5-9-25(23)32-26-17-21(31-15-14-30)12-13-24(26)29/h2-13,17-18,31H,14-16,30H2,1H3. The average Bonchev–Trinajstić information content (AvgIpc) is 3.17. The zero-order valence-electron chi connectivity index (χ0n) is 18.2. The first-order chi connectivity index (χ1) is 15.7. The minimum Gasteiger partial charge on any atom is -0.384 e. The zero-order chi connectivity index (χ0) is 21.7. The first-order valence-corrected chi connectivity index (χ1v) is 12.2. The summed E-state index contributed by atoms with van der Waals surface area (Å²) in [5.74, 6) is 0.477. The third-order valence-electron chi connectivity index (χ3n) is 6.67. The summed E-state index contributed by atoms with van der Waals surface area (Å²) in [6, 6.07) is 29.1. The lowest BCUT2D eigenvalue weighted by Crippen LogP contribution is -2.13. The summed E-state index contributed by atoms with van der Waals surface area (Å²) < 4.78 is 0. The van der Waals surface area contributed by atoms with Crippen LogP contribution in [0.3, 0.4) is 0 Å². The number of hydrogen-bond donors (Lipinski definition) is 2. The van der Waals surface area contributed by atoms with E-state index in [2.05, 4.69) is 91.1 Å². The zero-order valence-corrected chi connectivity index (χ0v) is 19.0. The molecule has 6 rings (SSSR count). The lowest BCUT2D eigenvalue weighted by Gasteiger charge is -2.26. The summed E-state index contributed by atoms with van der Waals surface area (Å²) in [7, 11) is 0. The van der Waals surface area contributed by atoms with Gasteiger partial charge in [-0.25, -0.2) is 0 Å². The predicted octanol–water partition coefficient (Wildman–Crippen LogP) is 6.83. The maximum atomic E-state index is 5.71. The van der Waals surface area contributed by atoms with E-state index in [-0.39, 0.29) is 0 Å². The fourth-order valence-electron chi connectivity index (χ4n) is 5.31. The molecule has 1 heterocycles. The second-order valence-electron chi connectivity index (χ2n) is 8.74. The fraction of sp³-hybridized carbons (Fsp3) is 0.172. The maximum Gasteiger partial charge on any atom is 0.0352 e. The highest BCUT2D eigenvalue weighted by Gasteiger charge is 2.32. The fourth-order valence-corrected chi connectivity index (χ4v) is 6.44. The Bertz CT molecular complexity index is 1390. The van der Waals surface area contributed by atoms with Crippen molar-refractivity contribution < 1.29 is 0 Å². The van der Waals surface area contributed by atoms with Gasteiger partial charge in [-0.15, -0.1) is 0 Å². The molecule has 0 amide bonds. The van der Waals surface area contributed by atoms with Gasteiger partial charge in [0.15, 0.2) is 0 Å². The number of fused-ring (bicyclic) bond motifs is 5. The van der Waals surface area contributed by atoms with Crippen LogP contribution in [0, 0.1) is 5.92 Å². The van der Waals surface area contributed by atoms with E-state index < -0.39 is 0 Å². The highest BCUT2D eigenvalue weighted by molar-refractivity contribution is 7.99. The van der Waals surface area contributed by atoms with Crippen molar-refractivity contribution in [2.45, 2.75) is 23.1 Å². The van der Waals surface area contributed by atoms with Crippen LogP contribution < -0.4 is 11.1 Å². The van der Waals surface area contributed by atoms with Gasteiger partial charge in [-0.05, 0) is 74.7 Å². The van der Waals surface area contributed by atoms with E-state index in [4.69, 9.17) is 5.73 Å². The molecule has 0 fully saturated rings. The predicted molar refractivity (Wildman–Crippen MR) is 137 cm³/mol. The van der Waals surface area contributed by atoms with Crippen molar-refractivity contribution in [1.29, 1.82) is 0 Å². The molecule has 1 unspecified atom stereocenters. The first-order valence-electron chi connectivity index (χ1n) is 11.4. The highest BCUT2D eigenvalue weighted by atomic mass is 32.2. The Labute approximate surface area is 193 Å². The van der Waals surface area contributed by atoms with Crippen LogP contribution >= 0.6 is 11.8 Å². The van der Waals surface area contributed by atoms with Gasteiger partial charge in [0.2, 0.25) is 0 Å². The van der Waals surface area contributed by atoms with Gasteiger partial charge in [-0.3, -0.25) is 0 Å². The molecular formula is C29H26N2S. The molecule has 0 saturated carbocycles. The highest BCUT2D eigenvalue weighted by Crippen LogP contribution is 2.53. The maximum absolute atomic E-state index is 5.71. The molecule has 2 nitrogen and oxygen atoms in total. The largest absolute Gasteiger partial charge is 0.384 e. The van der Waals surface area contributed by atoms with E-state index in [1.54, 1.807) is 0 Å². The second kappa shape index (κ2) is 7.84.